The number of benzene rings is 1. The quantitative estimate of drug-likeness (QED) is 0.700. The summed E-state index contributed by atoms with van der Waals surface area (Å²) in [7, 11) is 0. The maximum atomic E-state index is 12.6. The first-order chi connectivity index (χ1) is 14.3. The zero-order valence-corrected chi connectivity index (χ0v) is 16.3. The minimum Gasteiger partial charge on any atom is -0.454 e. The summed E-state index contributed by atoms with van der Waals surface area (Å²) in [4.78, 5) is 27.7. The summed E-state index contributed by atoms with van der Waals surface area (Å²) in [6.07, 6.45) is 4.77. The predicted molar refractivity (Wildman–Crippen MR) is 109 cm³/mol. The third kappa shape index (κ3) is 3.70. The molecule has 5 rings (SSSR count). The monoisotopic (exact) mass is 410 g/mol. The lowest BCUT2D eigenvalue weighted by Gasteiger charge is -2.27. The first-order valence-electron chi connectivity index (χ1n) is 9.16. The van der Waals surface area contributed by atoms with Gasteiger partial charge in [-0.1, -0.05) is 0 Å². The van der Waals surface area contributed by atoms with Crippen molar-refractivity contribution in [1.29, 1.82) is 0 Å². The molecule has 0 bridgehead atoms. The average molecular weight is 410 g/mol. The summed E-state index contributed by atoms with van der Waals surface area (Å²) in [6, 6.07) is 7.16. The molecule has 9 nitrogen and oxygen atoms in total. The molecule has 1 saturated heterocycles. The zero-order chi connectivity index (χ0) is 19.6. The van der Waals surface area contributed by atoms with Gasteiger partial charge in [-0.3, -0.25) is 9.36 Å². The lowest BCUT2D eigenvalue weighted by Crippen LogP contribution is -2.33. The maximum Gasteiger partial charge on any atom is 0.275 e. The third-order valence-electron chi connectivity index (χ3n) is 4.68. The van der Waals surface area contributed by atoms with E-state index >= 15 is 0 Å². The van der Waals surface area contributed by atoms with Gasteiger partial charge in [0.05, 0.1) is 0 Å². The molecule has 0 aliphatic carbocycles. The van der Waals surface area contributed by atoms with Gasteiger partial charge in [0, 0.05) is 48.6 Å². The van der Waals surface area contributed by atoms with E-state index in [1.165, 1.54) is 0 Å². The van der Waals surface area contributed by atoms with E-state index < -0.39 is 0 Å². The Hall–Kier alpha value is -3.27. The summed E-state index contributed by atoms with van der Waals surface area (Å²) in [6.45, 7) is 2.12. The van der Waals surface area contributed by atoms with Crippen molar-refractivity contribution in [3.63, 3.8) is 0 Å². The Morgan fingerprint density at radius 2 is 1.86 bits per heavy atom. The Morgan fingerprint density at radius 3 is 2.76 bits per heavy atom. The fourth-order valence-electron chi connectivity index (χ4n) is 3.18. The molecule has 0 atom stereocenters. The van der Waals surface area contributed by atoms with Crippen LogP contribution in [0.3, 0.4) is 0 Å². The number of nitrogens with one attached hydrogen (secondary N) is 1. The van der Waals surface area contributed by atoms with E-state index in [1.807, 2.05) is 17.8 Å². The van der Waals surface area contributed by atoms with Crippen molar-refractivity contribution in [2.45, 2.75) is 0 Å². The molecule has 0 unspecified atom stereocenters. The highest BCUT2D eigenvalue weighted by Gasteiger charge is 2.17. The van der Waals surface area contributed by atoms with Crippen LogP contribution in [0.1, 0.15) is 10.5 Å². The first kappa shape index (κ1) is 17.8. The molecule has 2 aromatic heterocycles. The number of carbonyl (C=O) groups excluding carboxylic acids is 1. The van der Waals surface area contributed by atoms with E-state index in [-0.39, 0.29) is 18.4 Å². The maximum absolute atomic E-state index is 12.6. The number of hydrogen-bond donors (Lipinski definition) is 1. The number of carbonyl (C=O) groups is 1. The Kier molecular flexibility index (Phi) is 4.68. The molecule has 0 radical (unpaired) electrons. The number of fused-ring (bicyclic) bond motifs is 1. The zero-order valence-electron chi connectivity index (χ0n) is 15.4. The van der Waals surface area contributed by atoms with Crippen molar-refractivity contribution >= 4 is 29.2 Å². The predicted octanol–water partition coefficient (Wildman–Crippen LogP) is 2.20. The normalized spacial score (nSPS) is 15.4. The number of thioether (sulfide) groups is 1. The fourth-order valence-corrected chi connectivity index (χ4v) is 4.08. The molecule has 148 valence electrons. The molecule has 0 saturated carbocycles. The lowest BCUT2D eigenvalue weighted by atomic mass is 10.2. The molecule has 1 amide bonds. The van der Waals surface area contributed by atoms with Gasteiger partial charge in [-0.15, -0.1) is 0 Å². The van der Waals surface area contributed by atoms with Crippen LogP contribution in [-0.2, 0) is 0 Å². The van der Waals surface area contributed by atoms with Gasteiger partial charge in [0.15, 0.2) is 11.5 Å². The van der Waals surface area contributed by atoms with E-state index in [0.717, 1.165) is 30.4 Å². The lowest BCUT2D eigenvalue weighted by molar-refractivity contribution is 0.102. The largest absolute Gasteiger partial charge is 0.454 e. The second-order valence-corrected chi connectivity index (χ2v) is 7.75. The summed E-state index contributed by atoms with van der Waals surface area (Å²) >= 11 is 1.95. The number of ether oxygens (including phenoxy) is 2. The van der Waals surface area contributed by atoms with Gasteiger partial charge in [0.25, 0.3) is 5.91 Å². The molecular formula is C19H18N6O3S. The minimum absolute atomic E-state index is 0.189. The van der Waals surface area contributed by atoms with Gasteiger partial charge in [-0.25, -0.2) is 15.0 Å². The van der Waals surface area contributed by atoms with Crippen molar-refractivity contribution in [3.05, 3.63) is 48.8 Å². The van der Waals surface area contributed by atoms with Crippen LogP contribution < -0.4 is 19.7 Å². The van der Waals surface area contributed by atoms with Gasteiger partial charge in [-0.05, 0) is 12.1 Å². The first-order valence-corrected chi connectivity index (χ1v) is 10.3. The highest BCUT2D eigenvalue weighted by Crippen LogP contribution is 2.34. The van der Waals surface area contributed by atoms with Crippen LogP contribution >= 0.6 is 11.8 Å². The number of imidazole rings is 1. The van der Waals surface area contributed by atoms with E-state index in [9.17, 15) is 4.79 Å². The summed E-state index contributed by atoms with van der Waals surface area (Å²) in [5, 5.41) is 2.82. The fraction of sp³-hybridized carbons (Fsp3) is 0.263. The second-order valence-electron chi connectivity index (χ2n) is 6.52. The van der Waals surface area contributed by atoms with E-state index in [1.54, 1.807) is 41.6 Å². The molecular weight excluding hydrogens is 392 g/mol. The van der Waals surface area contributed by atoms with Crippen LogP contribution in [0, 0.1) is 0 Å². The molecule has 1 N–H and O–H groups in total. The van der Waals surface area contributed by atoms with Crippen molar-refractivity contribution in [3.8, 4) is 17.3 Å². The summed E-state index contributed by atoms with van der Waals surface area (Å²) < 4.78 is 12.3. The highest BCUT2D eigenvalue weighted by molar-refractivity contribution is 7.99. The molecule has 2 aliphatic rings. The van der Waals surface area contributed by atoms with Gasteiger partial charge in [-0.2, -0.15) is 11.8 Å². The Labute approximate surface area is 171 Å². The molecule has 2 aliphatic heterocycles. The van der Waals surface area contributed by atoms with Crippen molar-refractivity contribution < 1.29 is 14.3 Å². The smallest absolute Gasteiger partial charge is 0.275 e. The van der Waals surface area contributed by atoms with Crippen LogP contribution in [0.4, 0.5) is 11.5 Å². The van der Waals surface area contributed by atoms with Crippen LogP contribution in [0.15, 0.2) is 43.1 Å². The van der Waals surface area contributed by atoms with Gasteiger partial charge >= 0.3 is 0 Å². The molecule has 4 heterocycles. The van der Waals surface area contributed by atoms with Gasteiger partial charge in [0.2, 0.25) is 6.79 Å². The number of anilines is 2. The number of hydrogen-bond acceptors (Lipinski definition) is 8. The molecule has 1 fully saturated rings. The number of aromatic nitrogens is 4. The van der Waals surface area contributed by atoms with Crippen LogP contribution in [0.2, 0.25) is 0 Å². The van der Waals surface area contributed by atoms with Crippen molar-refractivity contribution in [2.75, 3.05) is 41.6 Å². The molecule has 1 aromatic carbocycles. The Balaban J connectivity index is 1.32. The molecule has 3 aromatic rings. The van der Waals surface area contributed by atoms with Crippen molar-refractivity contribution in [2.24, 2.45) is 0 Å². The molecule has 10 heteroatoms. The summed E-state index contributed by atoms with van der Waals surface area (Å²) in [5.74, 6) is 4.70. The number of rotatable bonds is 4. The molecule has 0 spiro atoms. The number of nitrogens with zero attached hydrogens (tertiary/aromatic N) is 5. The van der Waals surface area contributed by atoms with Gasteiger partial charge < -0.3 is 19.7 Å². The van der Waals surface area contributed by atoms with Crippen LogP contribution in [0.5, 0.6) is 11.5 Å². The van der Waals surface area contributed by atoms with Crippen LogP contribution in [0.25, 0.3) is 5.82 Å². The van der Waals surface area contributed by atoms with Gasteiger partial charge in [0.1, 0.15) is 30.0 Å². The number of amides is 1. The average Bonchev–Trinajstić information content (AvgIpc) is 3.44. The van der Waals surface area contributed by atoms with E-state index in [2.05, 4.69) is 25.2 Å². The standard InChI is InChI=1S/C19H18N6O3S/c26-19(23-13-1-2-15-16(7-13)28-12-27-15)14-9-25(11-22-14)18-8-17(20-10-21-18)24-3-5-29-6-4-24/h1-2,7-11H,3-6,12H2,(H,23,26). The SMILES string of the molecule is O=C(Nc1ccc2c(c1)OCO2)c1cn(-c2cc(N3CCSCC3)ncn2)cn1. The van der Waals surface area contributed by atoms with E-state index in [0.29, 0.717) is 23.0 Å². The highest BCUT2D eigenvalue weighted by atomic mass is 32.2. The third-order valence-corrected chi connectivity index (χ3v) is 5.63. The van der Waals surface area contributed by atoms with Crippen LogP contribution in [-0.4, -0.2) is 56.8 Å². The Bertz CT molecular complexity index is 1050. The topological polar surface area (TPSA) is 94.4 Å². The van der Waals surface area contributed by atoms with Crippen molar-refractivity contribution in [1.82, 2.24) is 19.5 Å². The van der Waals surface area contributed by atoms with E-state index in [4.69, 9.17) is 9.47 Å². The summed E-state index contributed by atoms with van der Waals surface area (Å²) in [5.41, 5.74) is 0.901. The minimum atomic E-state index is -0.315. The Morgan fingerprint density at radius 1 is 1.03 bits per heavy atom. The second kappa shape index (κ2) is 7.63. The molecule has 29 heavy (non-hydrogen) atoms.